The number of carbonyl (C=O) groups excluding carboxylic acids is 2. The molecule has 5 rings (SSSR count). The maximum absolute atomic E-state index is 13.1. The van der Waals surface area contributed by atoms with Crippen LogP contribution < -0.4 is 16.0 Å². The maximum atomic E-state index is 13.1. The summed E-state index contributed by atoms with van der Waals surface area (Å²) in [4.78, 5) is 25.4. The summed E-state index contributed by atoms with van der Waals surface area (Å²) in [7, 11) is 1.78. The van der Waals surface area contributed by atoms with Crippen LogP contribution in [-0.4, -0.2) is 66.0 Å². The van der Waals surface area contributed by atoms with Gasteiger partial charge in [-0.3, -0.25) is 0 Å². The average molecular weight is 556 g/mol. The Kier molecular flexibility index (Phi) is 6.68. The third kappa shape index (κ3) is 5.24. The van der Waals surface area contributed by atoms with Crippen molar-refractivity contribution in [2.75, 3.05) is 29.5 Å². The van der Waals surface area contributed by atoms with E-state index in [4.69, 9.17) is 25.8 Å². The third-order valence-corrected chi connectivity index (χ3v) is 6.64. The number of ether oxygens (including phenoxy) is 3. The van der Waals surface area contributed by atoms with Gasteiger partial charge in [0.05, 0.1) is 10.6 Å². The molecule has 0 aromatic heterocycles. The first-order valence-corrected chi connectivity index (χ1v) is 12.1. The van der Waals surface area contributed by atoms with E-state index in [-0.39, 0.29) is 17.9 Å². The quantitative estimate of drug-likeness (QED) is 0.495. The monoisotopic (exact) mass is 555 g/mol. The van der Waals surface area contributed by atoms with Crippen LogP contribution in [0.2, 0.25) is 5.02 Å². The van der Waals surface area contributed by atoms with E-state index in [1.165, 1.54) is 23.2 Å². The fraction of sp³-hybridized carbons (Fsp3) is 0.417. The Hall–Kier alpha value is -3.10. The molecule has 4 amide bonds. The van der Waals surface area contributed by atoms with Gasteiger partial charge in [-0.15, -0.1) is 0 Å². The Bertz CT molecular complexity index is 1240. The van der Waals surface area contributed by atoms with Crippen LogP contribution in [0.1, 0.15) is 19.4 Å². The van der Waals surface area contributed by atoms with Gasteiger partial charge in [-0.2, -0.15) is 13.2 Å². The molecule has 0 spiro atoms. The SMILES string of the molecule is CN1C[C@H]2O[C@H]([C@@H]3OC(C)(C)O[C@@H]32)N1C(=O)Nc1ccc(NC(=O)Nc2ccc(Cl)c(C(F)(F)F)c2)cc1. The molecule has 2 bridgehead atoms. The molecule has 3 saturated heterocycles. The van der Waals surface area contributed by atoms with Gasteiger partial charge < -0.3 is 30.2 Å². The number of benzene rings is 2. The molecule has 14 heteroatoms. The zero-order valence-electron chi connectivity index (χ0n) is 20.5. The number of urea groups is 2. The van der Waals surface area contributed by atoms with Crippen molar-refractivity contribution >= 4 is 40.7 Å². The summed E-state index contributed by atoms with van der Waals surface area (Å²) in [6, 6.07) is 8.08. The first-order chi connectivity index (χ1) is 17.8. The minimum atomic E-state index is -4.66. The van der Waals surface area contributed by atoms with Crippen molar-refractivity contribution in [2.24, 2.45) is 0 Å². The van der Waals surface area contributed by atoms with Crippen molar-refractivity contribution < 1.29 is 37.0 Å². The zero-order chi connectivity index (χ0) is 27.4. The van der Waals surface area contributed by atoms with Gasteiger partial charge in [0.2, 0.25) is 0 Å². The van der Waals surface area contributed by atoms with Crippen LogP contribution in [0.5, 0.6) is 0 Å². The lowest BCUT2D eigenvalue weighted by molar-refractivity contribution is -0.247. The van der Waals surface area contributed by atoms with Crippen molar-refractivity contribution in [1.29, 1.82) is 0 Å². The van der Waals surface area contributed by atoms with Gasteiger partial charge in [-0.25, -0.2) is 19.6 Å². The minimum Gasteiger partial charge on any atom is -0.346 e. The summed E-state index contributed by atoms with van der Waals surface area (Å²) in [5.74, 6) is -0.767. The van der Waals surface area contributed by atoms with Crippen LogP contribution in [-0.2, 0) is 20.4 Å². The van der Waals surface area contributed by atoms with Crippen LogP contribution in [0.4, 0.5) is 39.8 Å². The number of amides is 4. The predicted molar refractivity (Wildman–Crippen MR) is 132 cm³/mol. The van der Waals surface area contributed by atoms with E-state index >= 15 is 0 Å². The van der Waals surface area contributed by atoms with Gasteiger partial charge in [0.15, 0.2) is 12.0 Å². The number of likely N-dealkylation sites (N-methyl/N-ethyl adjacent to an activating group) is 1. The normalized spacial score (nSPS) is 26.1. The topological polar surface area (TPSA) is 104 Å². The van der Waals surface area contributed by atoms with Crippen molar-refractivity contribution in [2.45, 2.75) is 50.4 Å². The first-order valence-electron chi connectivity index (χ1n) is 11.7. The van der Waals surface area contributed by atoms with E-state index < -0.39 is 46.9 Å². The highest BCUT2D eigenvalue weighted by Gasteiger charge is 2.61. The number of hydrogen-bond donors (Lipinski definition) is 3. The fourth-order valence-electron chi connectivity index (χ4n) is 4.75. The Morgan fingerprint density at radius 1 is 0.974 bits per heavy atom. The number of hydrazine groups is 1. The zero-order valence-corrected chi connectivity index (χ0v) is 21.3. The van der Waals surface area contributed by atoms with Gasteiger partial charge in [0.25, 0.3) is 0 Å². The largest absolute Gasteiger partial charge is 0.417 e. The Balaban J connectivity index is 1.19. The second-order valence-electron chi connectivity index (χ2n) is 9.59. The standard InChI is InChI=1S/C24H25ClF3N5O5/c1-23(2)37-18-17-11-32(3)33(20(36-17)19(18)38-23)22(35)31-13-6-4-12(5-7-13)29-21(34)30-14-8-9-16(25)15(10-14)24(26,27)28/h4-10,17-20H,11H2,1-3H3,(H,31,35)(H2,29,30,34)/t17-,18-,19-,20-/m1/s1. The average Bonchev–Trinajstić information content (AvgIpc) is 3.27. The predicted octanol–water partition coefficient (Wildman–Crippen LogP) is 4.94. The highest BCUT2D eigenvalue weighted by Crippen LogP contribution is 2.42. The van der Waals surface area contributed by atoms with E-state index in [9.17, 15) is 22.8 Å². The lowest BCUT2D eigenvalue weighted by atomic mass is 10.1. The van der Waals surface area contributed by atoms with Crippen LogP contribution in [0.15, 0.2) is 42.5 Å². The number of rotatable bonds is 3. The molecule has 2 aromatic carbocycles. The molecule has 3 aliphatic rings. The Morgan fingerprint density at radius 2 is 1.55 bits per heavy atom. The molecular formula is C24H25ClF3N5O5. The molecule has 3 heterocycles. The number of halogens is 4. The van der Waals surface area contributed by atoms with Crippen LogP contribution >= 0.6 is 11.6 Å². The minimum absolute atomic E-state index is 0.0765. The molecule has 38 heavy (non-hydrogen) atoms. The summed E-state index contributed by atoms with van der Waals surface area (Å²) >= 11 is 5.61. The molecule has 0 radical (unpaired) electrons. The van der Waals surface area contributed by atoms with Crippen LogP contribution in [0.25, 0.3) is 0 Å². The molecule has 3 aliphatic heterocycles. The van der Waals surface area contributed by atoms with Crippen molar-refractivity contribution in [1.82, 2.24) is 10.0 Å². The van der Waals surface area contributed by atoms with E-state index in [1.807, 2.05) is 13.8 Å². The van der Waals surface area contributed by atoms with Crippen molar-refractivity contribution in [3.05, 3.63) is 53.1 Å². The van der Waals surface area contributed by atoms with Gasteiger partial charge >= 0.3 is 18.2 Å². The van der Waals surface area contributed by atoms with E-state index in [2.05, 4.69) is 16.0 Å². The van der Waals surface area contributed by atoms with Gasteiger partial charge in [0.1, 0.15) is 18.3 Å². The summed E-state index contributed by atoms with van der Waals surface area (Å²) in [5.41, 5.74) is -0.333. The Morgan fingerprint density at radius 3 is 2.21 bits per heavy atom. The van der Waals surface area contributed by atoms with E-state index in [1.54, 1.807) is 24.2 Å². The molecule has 204 valence electrons. The summed E-state index contributed by atoms with van der Waals surface area (Å²) < 4.78 is 57.1. The number of nitrogens with zero attached hydrogens (tertiary/aromatic N) is 2. The molecule has 10 nitrogen and oxygen atoms in total. The number of nitrogens with one attached hydrogen (secondary N) is 3. The number of carbonyl (C=O) groups is 2. The first kappa shape index (κ1) is 26.5. The molecule has 4 atom stereocenters. The van der Waals surface area contributed by atoms with Crippen molar-refractivity contribution in [3.63, 3.8) is 0 Å². The third-order valence-electron chi connectivity index (χ3n) is 6.31. The second-order valence-corrected chi connectivity index (χ2v) is 10.0. The lowest BCUT2D eigenvalue weighted by Crippen LogP contribution is -2.59. The smallest absolute Gasteiger partial charge is 0.346 e. The summed E-state index contributed by atoms with van der Waals surface area (Å²) in [6.07, 6.45) is -6.23. The molecule has 0 unspecified atom stereocenters. The van der Waals surface area contributed by atoms with E-state index in [0.29, 0.717) is 17.9 Å². The van der Waals surface area contributed by atoms with E-state index in [0.717, 1.165) is 12.1 Å². The van der Waals surface area contributed by atoms with Crippen LogP contribution in [0.3, 0.4) is 0 Å². The van der Waals surface area contributed by atoms with Crippen molar-refractivity contribution in [3.8, 4) is 0 Å². The number of fused-ring (bicyclic) bond motifs is 5. The van der Waals surface area contributed by atoms with Gasteiger partial charge in [-0.1, -0.05) is 11.6 Å². The second kappa shape index (κ2) is 9.58. The molecule has 0 aliphatic carbocycles. The number of hydrogen-bond acceptors (Lipinski definition) is 6. The number of alkyl halides is 3. The molecule has 0 saturated carbocycles. The summed E-state index contributed by atoms with van der Waals surface area (Å²) in [5, 5.41) is 10.4. The maximum Gasteiger partial charge on any atom is 0.417 e. The lowest BCUT2D eigenvalue weighted by Gasteiger charge is -2.42. The number of anilines is 3. The highest BCUT2D eigenvalue weighted by molar-refractivity contribution is 6.31. The molecule has 2 aromatic rings. The van der Waals surface area contributed by atoms with Gasteiger partial charge in [-0.05, 0) is 56.3 Å². The summed E-state index contributed by atoms with van der Waals surface area (Å²) in [6.45, 7) is 4.08. The molecule has 3 N–H and O–H groups in total. The highest BCUT2D eigenvalue weighted by atomic mass is 35.5. The fourth-order valence-corrected chi connectivity index (χ4v) is 4.97. The Labute approximate surface area is 220 Å². The van der Waals surface area contributed by atoms with Gasteiger partial charge in [0, 0.05) is 30.7 Å². The van der Waals surface area contributed by atoms with Crippen LogP contribution in [0, 0.1) is 0 Å². The molecular weight excluding hydrogens is 531 g/mol. The molecule has 3 fully saturated rings.